The molecule has 0 saturated heterocycles. The zero-order chi connectivity index (χ0) is 14.1. The molecule has 1 aromatic carbocycles. The Kier molecular flexibility index (Phi) is 3.45. The number of nitrogen functional groups attached to an aromatic ring is 1. The Bertz CT molecular complexity index is 754. The van der Waals surface area contributed by atoms with E-state index in [-0.39, 0.29) is 0 Å². The Morgan fingerprint density at radius 3 is 2.85 bits per heavy atom. The number of aromatic nitrogens is 2. The zero-order valence-electron chi connectivity index (χ0n) is 10.5. The lowest BCUT2D eigenvalue weighted by Gasteiger charge is -2.03. The monoisotopic (exact) mass is 351 g/mol. The highest BCUT2D eigenvalue weighted by Gasteiger charge is 2.15. The lowest BCUT2D eigenvalue weighted by molar-refractivity contribution is 0.412. The summed E-state index contributed by atoms with van der Waals surface area (Å²) in [5.74, 6) is 1.69. The van der Waals surface area contributed by atoms with Gasteiger partial charge in [0.05, 0.1) is 17.3 Å². The van der Waals surface area contributed by atoms with E-state index in [0.717, 1.165) is 20.7 Å². The summed E-state index contributed by atoms with van der Waals surface area (Å²) in [6.07, 6.45) is 0. The maximum absolute atomic E-state index is 5.84. The number of thiophene rings is 1. The number of rotatable bonds is 3. The van der Waals surface area contributed by atoms with Crippen molar-refractivity contribution in [2.75, 3.05) is 12.8 Å². The molecule has 0 unspecified atom stereocenters. The summed E-state index contributed by atoms with van der Waals surface area (Å²) >= 11 is 4.90. The Morgan fingerprint density at radius 1 is 1.35 bits per heavy atom. The molecule has 0 spiro atoms. The van der Waals surface area contributed by atoms with Crippen molar-refractivity contribution in [1.82, 2.24) is 10.1 Å². The van der Waals surface area contributed by atoms with E-state index in [1.807, 2.05) is 29.6 Å². The van der Waals surface area contributed by atoms with Crippen molar-refractivity contribution >= 4 is 33.0 Å². The molecule has 3 aromatic rings. The zero-order valence-corrected chi connectivity index (χ0v) is 12.9. The maximum Gasteiger partial charge on any atom is 0.270 e. The minimum absolute atomic E-state index is 0.430. The minimum atomic E-state index is 0.430. The summed E-state index contributed by atoms with van der Waals surface area (Å²) in [6.45, 7) is 0. The van der Waals surface area contributed by atoms with E-state index in [2.05, 4.69) is 26.1 Å². The molecular weight excluding hydrogens is 342 g/mol. The van der Waals surface area contributed by atoms with Crippen LogP contribution in [-0.4, -0.2) is 17.3 Å². The highest BCUT2D eigenvalue weighted by Crippen LogP contribution is 2.33. The van der Waals surface area contributed by atoms with E-state index in [4.69, 9.17) is 15.0 Å². The quantitative estimate of drug-likeness (QED) is 0.776. The molecular formula is C13H10BrN3O2S. The first kappa shape index (κ1) is 13.1. The van der Waals surface area contributed by atoms with Crippen LogP contribution >= 0.6 is 27.3 Å². The standard InChI is InChI=1S/C13H10BrN3O2S/c1-18-10-3-2-7(6-8(10)14)12-16-13(19-17-12)11-9(15)4-5-20-11/h2-6H,15H2,1H3. The van der Waals surface area contributed by atoms with Crippen LogP contribution in [0, 0.1) is 0 Å². The molecule has 0 fully saturated rings. The predicted molar refractivity (Wildman–Crippen MR) is 81.7 cm³/mol. The Balaban J connectivity index is 1.98. The largest absolute Gasteiger partial charge is 0.496 e. The van der Waals surface area contributed by atoms with Gasteiger partial charge in [-0.25, -0.2) is 0 Å². The molecule has 102 valence electrons. The molecule has 2 heterocycles. The normalized spacial score (nSPS) is 10.7. The number of nitrogens with two attached hydrogens (primary N) is 1. The summed E-state index contributed by atoms with van der Waals surface area (Å²) in [5.41, 5.74) is 7.32. The fourth-order valence-electron chi connectivity index (χ4n) is 1.73. The van der Waals surface area contributed by atoms with Crippen molar-refractivity contribution in [3.63, 3.8) is 0 Å². The second-order valence-electron chi connectivity index (χ2n) is 3.98. The first-order chi connectivity index (χ1) is 9.69. The van der Waals surface area contributed by atoms with E-state index in [1.54, 1.807) is 7.11 Å². The number of hydrogen-bond donors (Lipinski definition) is 1. The third kappa shape index (κ3) is 2.30. The Hall–Kier alpha value is -1.86. The van der Waals surface area contributed by atoms with Gasteiger partial charge >= 0.3 is 0 Å². The second-order valence-corrected chi connectivity index (χ2v) is 5.75. The number of ether oxygens (including phenoxy) is 1. The van der Waals surface area contributed by atoms with Gasteiger partial charge in [-0.05, 0) is 45.6 Å². The van der Waals surface area contributed by atoms with Crippen molar-refractivity contribution in [3.8, 4) is 27.9 Å². The number of hydrogen-bond acceptors (Lipinski definition) is 6. The van der Waals surface area contributed by atoms with Crippen LogP contribution < -0.4 is 10.5 Å². The lowest BCUT2D eigenvalue weighted by Crippen LogP contribution is -1.87. The van der Waals surface area contributed by atoms with Crippen LogP contribution in [0.1, 0.15) is 0 Å². The highest BCUT2D eigenvalue weighted by atomic mass is 79.9. The van der Waals surface area contributed by atoms with Gasteiger partial charge in [0.25, 0.3) is 5.89 Å². The molecule has 0 bridgehead atoms. The molecule has 0 aliphatic carbocycles. The van der Waals surface area contributed by atoms with Gasteiger partial charge in [0.15, 0.2) is 0 Å². The average Bonchev–Trinajstić information content (AvgIpc) is 3.07. The van der Waals surface area contributed by atoms with Gasteiger partial charge in [0.1, 0.15) is 10.6 Å². The molecule has 0 aliphatic heterocycles. The molecule has 2 N–H and O–H groups in total. The average molecular weight is 352 g/mol. The van der Waals surface area contributed by atoms with E-state index in [9.17, 15) is 0 Å². The van der Waals surface area contributed by atoms with Crippen LogP contribution in [0.15, 0.2) is 38.6 Å². The van der Waals surface area contributed by atoms with Crippen molar-refractivity contribution in [1.29, 1.82) is 0 Å². The molecule has 2 aromatic heterocycles. The topological polar surface area (TPSA) is 74.2 Å². The molecule has 3 rings (SSSR count). The molecule has 0 aliphatic rings. The van der Waals surface area contributed by atoms with Gasteiger partial charge in [-0.1, -0.05) is 5.16 Å². The van der Waals surface area contributed by atoms with Crippen LogP contribution in [0.4, 0.5) is 5.69 Å². The summed E-state index contributed by atoms with van der Waals surface area (Å²) < 4.78 is 11.3. The predicted octanol–water partition coefficient (Wildman–Crippen LogP) is 3.82. The smallest absolute Gasteiger partial charge is 0.270 e. The van der Waals surface area contributed by atoms with Crippen LogP contribution in [0.5, 0.6) is 5.75 Å². The van der Waals surface area contributed by atoms with Crippen LogP contribution in [0.3, 0.4) is 0 Å². The Morgan fingerprint density at radius 2 is 2.20 bits per heavy atom. The van der Waals surface area contributed by atoms with E-state index in [1.165, 1.54) is 11.3 Å². The van der Waals surface area contributed by atoms with Crippen molar-refractivity contribution in [2.24, 2.45) is 0 Å². The van der Waals surface area contributed by atoms with E-state index >= 15 is 0 Å². The molecule has 7 heteroatoms. The summed E-state index contributed by atoms with van der Waals surface area (Å²) in [6, 6.07) is 7.41. The fraction of sp³-hybridized carbons (Fsp3) is 0.0769. The number of benzene rings is 1. The van der Waals surface area contributed by atoms with Crippen LogP contribution in [0.25, 0.3) is 22.2 Å². The van der Waals surface area contributed by atoms with Crippen molar-refractivity contribution < 1.29 is 9.26 Å². The molecule has 0 amide bonds. The molecule has 0 radical (unpaired) electrons. The SMILES string of the molecule is COc1ccc(-c2noc(-c3sccc3N)n2)cc1Br. The van der Waals surface area contributed by atoms with Gasteiger partial charge in [0, 0.05) is 5.56 Å². The molecule has 20 heavy (non-hydrogen) atoms. The van der Waals surface area contributed by atoms with Gasteiger partial charge in [-0.15, -0.1) is 11.3 Å². The Labute approximate surface area is 127 Å². The number of halogens is 1. The molecule has 0 saturated carbocycles. The van der Waals surface area contributed by atoms with Gasteiger partial charge in [-0.3, -0.25) is 0 Å². The van der Waals surface area contributed by atoms with E-state index < -0.39 is 0 Å². The number of nitrogens with zero attached hydrogens (tertiary/aromatic N) is 2. The fourth-order valence-corrected chi connectivity index (χ4v) is 3.01. The van der Waals surface area contributed by atoms with Crippen molar-refractivity contribution in [2.45, 2.75) is 0 Å². The first-order valence-corrected chi connectivity index (χ1v) is 7.37. The van der Waals surface area contributed by atoms with Gasteiger partial charge < -0.3 is 15.0 Å². The molecule has 0 atom stereocenters. The van der Waals surface area contributed by atoms with Crippen LogP contribution in [-0.2, 0) is 0 Å². The van der Waals surface area contributed by atoms with Gasteiger partial charge in [-0.2, -0.15) is 4.98 Å². The third-order valence-corrected chi connectivity index (χ3v) is 4.26. The minimum Gasteiger partial charge on any atom is -0.496 e. The highest BCUT2D eigenvalue weighted by molar-refractivity contribution is 9.10. The maximum atomic E-state index is 5.84. The first-order valence-electron chi connectivity index (χ1n) is 5.70. The van der Waals surface area contributed by atoms with Crippen LogP contribution in [0.2, 0.25) is 0 Å². The number of anilines is 1. The summed E-state index contributed by atoms with van der Waals surface area (Å²) in [4.78, 5) is 5.16. The third-order valence-electron chi connectivity index (χ3n) is 2.73. The summed E-state index contributed by atoms with van der Waals surface area (Å²) in [5, 5.41) is 5.87. The number of methoxy groups -OCH3 is 1. The van der Waals surface area contributed by atoms with Gasteiger partial charge in [0.2, 0.25) is 5.82 Å². The second kappa shape index (κ2) is 5.26. The van der Waals surface area contributed by atoms with Crippen molar-refractivity contribution in [3.05, 3.63) is 34.1 Å². The van der Waals surface area contributed by atoms with E-state index in [0.29, 0.717) is 17.4 Å². The summed E-state index contributed by atoms with van der Waals surface area (Å²) in [7, 11) is 1.62. The lowest BCUT2D eigenvalue weighted by atomic mass is 10.2. The molecule has 5 nitrogen and oxygen atoms in total.